The fourth-order valence-corrected chi connectivity index (χ4v) is 0.192. The molecule has 0 heterocycles. The summed E-state index contributed by atoms with van der Waals surface area (Å²) in [6.45, 7) is 0.567. The average Bonchev–Trinajstić information content (AvgIpc) is 2.02. The largest absolute Gasteiger partial charge is 0.480 e. The highest BCUT2D eigenvalue weighted by molar-refractivity contribution is 5.68. The molecule has 0 spiro atoms. The van der Waals surface area contributed by atoms with Crippen molar-refractivity contribution in [3.05, 3.63) is 0 Å². The number of rotatable bonds is 3. The Kier molecular flexibility index (Phi) is 9.84. The van der Waals surface area contributed by atoms with Crippen LogP contribution in [0.1, 0.15) is 6.92 Å². The predicted octanol–water partition coefficient (Wildman–Crippen LogP) is -2.11. The maximum atomic E-state index is 9.90. The monoisotopic (exact) mass is 195 g/mol. The lowest BCUT2D eigenvalue weighted by atomic mass is 10.7. The Balaban J connectivity index is 0. The van der Waals surface area contributed by atoms with E-state index in [0.29, 0.717) is 0 Å². The lowest BCUT2D eigenvalue weighted by Crippen LogP contribution is -2.15. The van der Waals surface area contributed by atoms with E-state index in [1.807, 2.05) is 0 Å². The van der Waals surface area contributed by atoms with Gasteiger partial charge in [0, 0.05) is 6.92 Å². The predicted molar refractivity (Wildman–Crippen MR) is 41.5 cm³/mol. The highest BCUT2D eigenvalue weighted by atomic mass is 16.6. The van der Waals surface area contributed by atoms with E-state index < -0.39 is 18.2 Å². The maximum absolute atomic E-state index is 9.90. The van der Waals surface area contributed by atoms with Crippen molar-refractivity contribution in [3.63, 3.8) is 0 Å². The molecule has 0 rings (SSSR count). The van der Waals surface area contributed by atoms with Gasteiger partial charge in [-0.15, -0.1) is 0 Å². The van der Waals surface area contributed by atoms with Gasteiger partial charge in [0.15, 0.2) is 6.29 Å². The van der Waals surface area contributed by atoms with Crippen molar-refractivity contribution in [1.82, 2.24) is 0 Å². The van der Waals surface area contributed by atoms with Crippen molar-refractivity contribution in [2.24, 2.45) is 5.73 Å². The second kappa shape index (κ2) is 8.91. The zero-order valence-corrected chi connectivity index (χ0v) is 7.14. The van der Waals surface area contributed by atoms with Gasteiger partial charge in [-0.2, -0.15) is 0 Å². The number of esters is 1. The van der Waals surface area contributed by atoms with E-state index in [9.17, 15) is 9.59 Å². The molecule has 13 heavy (non-hydrogen) atoms. The Hall–Kier alpha value is -1.18. The van der Waals surface area contributed by atoms with Gasteiger partial charge in [-0.3, -0.25) is 9.59 Å². The summed E-state index contributed by atoms with van der Waals surface area (Å²) in [6, 6.07) is 0. The number of carboxylic acid groups (broad SMARTS) is 1. The minimum atomic E-state index is -1.56. The summed E-state index contributed by atoms with van der Waals surface area (Å²) in [6.07, 6.45) is -1.56. The molecule has 0 aromatic carbocycles. The van der Waals surface area contributed by atoms with Gasteiger partial charge in [0.05, 0.1) is 6.54 Å². The van der Waals surface area contributed by atoms with E-state index in [-0.39, 0.29) is 13.2 Å². The summed E-state index contributed by atoms with van der Waals surface area (Å²) in [5, 5.41) is 23.8. The third-order valence-corrected chi connectivity index (χ3v) is 0.610. The fourth-order valence-electron chi connectivity index (χ4n) is 0.192. The summed E-state index contributed by atoms with van der Waals surface area (Å²) < 4.78 is 4.16. The number of hydrogen-bond donors (Lipinski definition) is 4. The number of aliphatic carboxylic acids is 1. The van der Waals surface area contributed by atoms with E-state index in [0.717, 1.165) is 0 Å². The first-order valence-electron chi connectivity index (χ1n) is 3.31. The second-order valence-electron chi connectivity index (χ2n) is 1.88. The van der Waals surface area contributed by atoms with E-state index in [2.05, 4.69) is 10.5 Å². The molecular weight excluding hydrogens is 182 g/mol. The first-order valence-corrected chi connectivity index (χ1v) is 3.31. The number of carbonyl (C=O) groups is 2. The number of aliphatic hydroxyl groups is 2. The Bertz CT molecular complexity index is 157. The molecule has 0 amide bonds. The van der Waals surface area contributed by atoms with Gasteiger partial charge in [-0.05, 0) is 0 Å². The minimum Gasteiger partial charge on any atom is -0.480 e. The van der Waals surface area contributed by atoms with E-state index >= 15 is 0 Å². The molecule has 7 nitrogen and oxygen atoms in total. The summed E-state index contributed by atoms with van der Waals surface area (Å²) in [4.78, 5) is 19.1. The van der Waals surface area contributed by atoms with Gasteiger partial charge >= 0.3 is 11.9 Å². The zero-order chi connectivity index (χ0) is 10.9. The second-order valence-corrected chi connectivity index (χ2v) is 1.88. The van der Waals surface area contributed by atoms with Crippen LogP contribution < -0.4 is 5.73 Å². The van der Waals surface area contributed by atoms with Crippen LogP contribution in [0.5, 0.6) is 0 Å². The van der Waals surface area contributed by atoms with Crippen molar-refractivity contribution < 1.29 is 29.6 Å². The van der Waals surface area contributed by atoms with Crippen molar-refractivity contribution in [2.75, 3.05) is 13.2 Å². The van der Waals surface area contributed by atoms with Gasteiger partial charge in [0.1, 0.15) is 6.61 Å². The molecule has 0 fully saturated rings. The number of carbonyl (C=O) groups excluding carboxylic acids is 1. The van der Waals surface area contributed by atoms with Gasteiger partial charge in [0.2, 0.25) is 0 Å². The Morgan fingerprint density at radius 1 is 1.46 bits per heavy atom. The maximum Gasteiger partial charge on any atom is 0.317 e. The molecule has 0 saturated carbocycles. The minimum absolute atomic E-state index is 0.278. The molecular formula is C6H13NO6. The van der Waals surface area contributed by atoms with Crippen LogP contribution in [0.25, 0.3) is 0 Å². The van der Waals surface area contributed by atoms with Crippen LogP contribution >= 0.6 is 0 Å². The first-order chi connectivity index (χ1) is 5.90. The van der Waals surface area contributed by atoms with E-state index in [4.69, 9.17) is 15.3 Å². The summed E-state index contributed by atoms with van der Waals surface area (Å²) in [5.74, 6) is -1.48. The average molecular weight is 195 g/mol. The SMILES string of the molecule is CC(=O)OCC(O)O.NCC(=O)O. The lowest BCUT2D eigenvalue weighted by Gasteiger charge is -2.00. The number of hydrogen-bond acceptors (Lipinski definition) is 6. The first kappa shape index (κ1) is 14.3. The van der Waals surface area contributed by atoms with Crippen LogP contribution in [-0.4, -0.2) is 46.7 Å². The number of nitrogens with two attached hydrogens (primary N) is 1. The third-order valence-electron chi connectivity index (χ3n) is 0.610. The summed E-state index contributed by atoms with van der Waals surface area (Å²) >= 11 is 0. The summed E-state index contributed by atoms with van der Waals surface area (Å²) in [5.41, 5.74) is 4.57. The van der Waals surface area contributed by atoms with Gasteiger partial charge in [0.25, 0.3) is 0 Å². The lowest BCUT2D eigenvalue weighted by molar-refractivity contribution is -0.153. The quantitative estimate of drug-likeness (QED) is 0.299. The number of ether oxygens (including phenoxy) is 1. The molecule has 0 aliphatic heterocycles. The van der Waals surface area contributed by atoms with Crippen LogP contribution in [0.2, 0.25) is 0 Å². The molecule has 0 unspecified atom stereocenters. The van der Waals surface area contributed by atoms with Crippen LogP contribution in [0.3, 0.4) is 0 Å². The van der Waals surface area contributed by atoms with Crippen LogP contribution in [0.15, 0.2) is 0 Å². The van der Waals surface area contributed by atoms with Crippen molar-refractivity contribution >= 4 is 11.9 Å². The van der Waals surface area contributed by atoms with Crippen LogP contribution in [-0.2, 0) is 14.3 Å². The molecule has 0 aliphatic rings. The third kappa shape index (κ3) is 24.8. The van der Waals surface area contributed by atoms with Gasteiger partial charge in [-0.1, -0.05) is 0 Å². The molecule has 78 valence electrons. The normalized spacial score (nSPS) is 8.69. The topological polar surface area (TPSA) is 130 Å². The fraction of sp³-hybridized carbons (Fsp3) is 0.667. The van der Waals surface area contributed by atoms with Gasteiger partial charge < -0.3 is 25.8 Å². The highest BCUT2D eigenvalue weighted by Crippen LogP contribution is 1.78. The van der Waals surface area contributed by atoms with Crippen LogP contribution in [0, 0.1) is 0 Å². The molecule has 5 N–H and O–H groups in total. The Morgan fingerprint density at radius 2 is 1.85 bits per heavy atom. The standard InChI is InChI=1S/C4H8O4.C2H5NO2/c1-3(5)8-2-4(6)7;3-1-2(4)5/h4,6-7H,2H2,1H3;1,3H2,(H,4,5). The van der Waals surface area contributed by atoms with Crippen molar-refractivity contribution in [3.8, 4) is 0 Å². The molecule has 0 aromatic heterocycles. The van der Waals surface area contributed by atoms with Crippen molar-refractivity contribution in [2.45, 2.75) is 13.2 Å². The van der Waals surface area contributed by atoms with Crippen molar-refractivity contribution in [1.29, 1.82) is 0 Å². The number of aliphatic hydroxyl groups excluding tert-OH is 1. The molecule has 0 aromatic rings. The van der Waals surface area contributed by atoms with Gasteiger partial charge in [-0.25, -0.2) is 0 Å². The Morgan fingerprint density at radius 3 is 1.92 bits per heavy atom. The highest BCUT2D eigenvalue weighted by Gasteiger charge is 1.97. The molecule has 0 aliphatic carbocycles. The number of carboxylic acids is 1. The molecule has 0 atom stereocenters. The molecule has 0 bridgehead atoms. The zero-order valence-electron chi connectivity index (χ0n) is 7.14. The molecule has 7 heteroatoms. The van der Waals surface area contributed by atoms with Crippen LogP contribution in [0.4, 0.5) is 0 Å². The molecule has 0 radical (unpaired) electrons. The van der Waals surface area contributed by atoms with E-state index in [1.165, 1.54) is 6.92 Å². The Labute approximate surface area is 74.7 Å². The summed E-state index contributed by atoms with van der Waals surface area (Å²) in [7, 11) is 0. The molecule has 0 saturated heterocycles. The smallest absolute Gasteiger partial charge is 0.317 e. The van der Waals surface area contributed by atoms with E-state index in [1.54, 1.807) is 0 Å².